The predicted molar refractivity (Wildman–Crippen MR) is 99.4 cm³/mol. The highest BCUT2D eigenvalue weighted by Crippen LogP contribution is 2.15. The predicted octanol–water partition coefficient (Wildman–Crippen LogP) is -1.72. The van der Waals surface area contributed by atoms with Gasteiger partial charge in [0.05, 0.1) is 20.2 Å². The van der Waals surface area contributed by atoms with Crippen LogP contribution in [0.25, 0.3) is 0 Å². The van der Waals surface area contributed by atoms with Crippen molar-refractivity contribution in [3.05, 3.63) is 30.3 Å². The second kappa shape index (κ2) is 8.85. The quantitative estimate of drug-likeness (QED) is 0.599. The second-order valence-corrected chi connectivity index (χ2v) is 6.91. The van der Waals surface area contributed by atoms with Crippen molar-refractivity contribution in [1.29, 1.82) is 0 Å². The van der Waals surface area contributed by atoms with E-state index in [-0.39, 0.29) is 24.8 Å². The number of nitrogens with zero attached hydrogens (tertiary/aromatic N) is 2. The largest absolute Gasteiger partial charge is 0.469 e. The number of piperazine rings is 2. The van der Waals surface area contributed by atoms with Gasteiger partial charge in [0.1, 0.15) is 6.42 Å². The first-order valence-electron chi connectivity index (χ1n) is 9.35. The Kier molecular flexibility index (Phi) is 6.28. The highest BCUT2D eigenvalue weighted by molar-refractivity contribution is 5.86. The lowest BCUT2D eigenvalue weighted by atomic mass is 10.1. The summed E-state index contributed by atoms with van der Waals surface area (Å²) in [6.45, 7) is 4.27. The number of esters is 1. The van der Waals surface area contributed by atoms with Gasteiger partial charge < -0.3 is 24.8 Å². The van der Waals surface area contributed by atoms with Crippen molar-refractivity contribution in [2.75, 3.05) is 57.8 Å². The normalized spacial score (nSPS) is 22.9. The average molecular weight is 375 g/mol. The van der Waals surface area contributed by atoms with Crippen LogP contribution in [0.1, 0.15) is 6.42 Å². The van der Waals surface area contributed by atoms with E-state index in [1.807, 2.05) is 23.1 Å². The summed E-state index contributed by atoms with van der Waals surface area (Å²) < 4.78 is 4.69. The number of amides is 2. The number of anilines is 1. The molecule has 3 rings (SSSR count). The monoisotopic (exact) mass is 375 g/mol. The van der Waals surface area contributed by atoms with E-state index in [4.69, 9.17) is 4.74 Å². The second-order valence-electron chi connectivity index (χ2n) is 6.91. The van der Waals surface area contributed by atoms with Gasteiger partial charge in [-0.3, -0.25) is 14.4 Å². The fraction of sp³-hybridized carbons (Fsp3) is 0.526. The van der Waals surface area contributed by atoms with Crippen LogP contribution in [-0.4, -0.2) is 81.6 Å². The highest BCUT2D eigenvalue weighted by Gasteiger charge is 2.37. The maximum atomic E-state index is 12.8. The molecule has 1 aromatic carbocycles. The molecule has 0 radical (unpaired) electrons. The maximum absolute atomic E-state index is 12.8. The van der Waals surface area contributed by atoms with Gasteiger partial charge in [-0.25, -0.2) is 0 Å². The van der Waals surface area contributed by atoms with Crippen LogP contribution < -0.4 is 15.1 Å². The zero-order chi connectivity index (χ0) is 19.2. The van der Waals surface area contributed by atoms with Crippen LogP contribution in [0, 0.1) is 0 Å². The Morgan fingerprint density at radius 3 is 2.56 bits per heavy atom. The topological polar surface area (TPSA) is 83.4 Å². The Bertz CT molecular complexity index is 674. The van der Waals surface area contributed by atoms with E-state index in [1.54, 1.807) is 0 Å². The Labute approximate surface area is 159 Å². The molecule has 146 valence electrons. The number of carbonyl (C=O) groups excluding carboxylic acids is 3. The van der Waals surface area contributed by atoms with E-state index in [1.165, 1.54) is 12.8 Å². The molecule has 2 amide bonds. The van der Waals surface area contributed by atoms with Gasteiger partial charge in [-0.05, 0) is 12.1 Å². The zero-order valence-electron chi connectivity index (χ0n) is 15.6. The van der Waals surface area contributed by atoms with Crippen molar-refractivity contribution in [2.45, 2.75) is 12.5 Å². The standard InChI is InChI=1S/C19H26N4O4/c1-27-18(25)13-16-19(26)20-7-8-23(16)14-17(24)22-11-9-21(10-12-22)15-5-3-2-4-6-15/h2-6,16H,7-14H2,1H3,(H,20,26)/p+1/t16-/m1/s1. The molecule has 2 heterocycles. The SMILES string of the molecule is COC(=O)C[C@@H]1C(=O)NCC[NH+]1CC(=O)N1CCN(c2ccccc2)CC1. The maximum Gasteiger partial charge on any atom is 0.312 e. The van der Waals surface area contributed by atoms with Crippen LogP contribution in [0.2, 0.25) is 0 Å². The van der Waals surface area contributed by atoms with E-state index < -0.39 is 12.0 Å². The number of ether oxygens (including phenoxy) is 1. The number of benzene rings is 1. The third-order valence-electron chi connectivity index (χ3n) is 5.29. The number of nitrogens with one attached hydrogen (secondary N) is 2. The van der Waals surface area contributed by atoms with Gasteiger partial charge in [0.15, 0.2) is 12.6 Å². The molecule has 0 saturated carbocycles. The summed E-state index contributed by atoms with van der Waals surface area (Å²) >= 11 is 0. The first kappa shape index (κ1) is 19.2. The van der Waals surface area contributed by atoms with Crippen molar-refractivity contribution in [1.82, 2.24) is 10.2 Å². The molecule has 0 aromatic heterocycles. The average Bonchev–Trinajstić information content (AvgIpc) is 2.71. The fourth-order valence-corrected chi connectivity index (χ4v) is 3.69. The molecule has 2 N–H and O–H groups in total. The lowest BCUT2D eigenvalue weighted by Crippen LogP contribution is -3.20. The minimum atomic E-state index is -0.569. The van der Waals surface area contributed by atoms with Crippen molar-refractivity contribution in [3.8, 4) is 0 Å². The number of hydrogen-bond acceptors (Lipinski definition) is 5. The minimum Gasteiger partial charge on any atom is -0.469 e. The summed E-state index contributed by atoms with van der Waals surface area (Å²) in [6, 6.07) is 9.60. The third kappa shape index (κ3) is 4.77. The van der Waals surface area contributed by atoms with Crippen molar-refractivity contribution >= 4 is 23.5 Å². The van der Waals surface area contributed by atoms with Crippen LogP contribution >= 0.6 is 0 Å². The van der Waals surface area contributed by atoms with E-state index in [0.717, 1.165) is 18.0 Å². The van der Waals surface area contributed by atoms with Gasteiger partial charge in [0, 0.05) is 31.9 Å². The number of rotatable bonds is 5. The Morgan fingerprint density at radius 2 is 1.89 bits per heavy atom. The molecule has 2 atom stereocenters. The van der Waals surface area contributed by atoms with Gasteiger partial charge in [0.2, 0.25) is 0 Å². The Balaban J connectivity index is 1.55. The number of carbonyl (C=O) groups is 3. The number of para-hydroxylation sites is 1. The summed E-state index contributed by atoms with van der Waals surface area (Å²) in [5.41, 5.74) is 1.17. The summed E-state index contributed by atoms with van der Waals surface area (Å²) in [6.07, 6.45) is -0.00721. The first-order chi connectivity index (χ1) is 13.1. The lowest BCUT2D eigenvalue weighted by Gasteiger charge is -2.37. The molecule has 0 bridgehead atoms. The molecule has 2 fully saturated rings. The number of quaternary nitrogens is 1. The van der Waals surface area contributed by atoms with Crippen LogP contribution in [-0.2, 0) is 19.1 Å². The van der Waals surface area contributed by atoms with Gasteiger partial charge >= 0.3 is 5.97 Å². The molecule has 2 aliphatic rings. The molecular weight excluding hydrogens is 348 g/mol. The van der Waals surface area contributed by atoms with Gasteiger partial charge in [-0.1, -0.05) is 18.2 Å². The molecule has 1 unspecified atom stereocenters. The Morgan fingerprint density at radius 1 is 1.19 bits per heavy atom. The summed E-state index contributed by atoms with van der Waals surface area (Å²) in [5.74, 6) is -0.593. The molecule has 0 spiro atoms. The zero-order valence-corrected chi connectivity index (χ0v) is 15.6. The molecule has 8 nitrogen and oxygen atoms in total. The van der Waals surface area contributed by atoms with Gasteiger partial charge in [-0.2, -0.15) is 0 Å². The van der Waals surface area contributed by atoms with Crippen LogP contribution in [0.4, 0.5) is 5.69 Å². The fourth-order valence-electron chi connectivity index (χ4n) is 3.69. The molecule has 27 heavy (non-hydrogen) atoms. The van der Waals surface area contributed by atoms with Crippen LogP contribution in [0.15, 0.2) is 30.3 Å². The Hall–Kier alpha value is -2.61. The third-order valence-corrected chi connectivity index (χ3v) is 5.29. The van der Waals surface area contributed by atoms with Gasteiger partial charge in [-0.15, -0.1) is 0 Å². The minimum absolute atomic E-state index is 0.00721. The smallest absolute Gasteiger partial charge is 0.312 e. The molecule has 0 aliphatic carbocycles. The van der Waals surface area contributed by atoms with E-state index in [9.17, 15) is 14.4 Å². The van der Waals surface area contributed by atoms with E-state index in [2.05, 4.69) is 22.3 Å². The lowest BCUT2D eigenvalue weighted by molar-refractivity contribution is -0.909. The highest BCUT2D eigenvalue weighted by atomic mass is 16.5. The molecular formula is C19H27N4O4+. The van der Waals surface area contributed by atoms with Gasteiger partial charge in [0.25, 0.3) is 11.8 Å². The van der Waals surface area contributed by atoms with Crippen molar-refractivity contribution < 1.29 is 24.0 Å². The molecule has 8 heteroatoms. The van der Waals surface area contributed by atoms with Crippen molar-refractivity contribution in [2.24, 2.45) is 0 Å². The number of hydrogen-bond donors (Lipinski definition) is 2. The van der Waals surface area contributed by atoms with E-state index >= 15 is 0 Å². The van der Waals surface area contributed by atoms with Crippen molar-refractivity contribution in [3.63, 3.8) is 0 Å². The van der Waals surface area contributed by atoms with Crippen LogP contribution in [0.5, 0.6) is 0 Å². The first-order valence-corrected chi connectivity index (χ1v) is 9.35. The molecule has 2 aliphatic heterocycles. The number of methoxy groups -OCH3 is 1. The van der Waals surface area contributed by atoms with E-state index in [0.29, 0.717) is 26.2 Å². The molecule has 1 aromatic rings. The summed E-state index contributed by atoms with van der Waals surface area (Å²) in [5, 5.41) is 2.77. The summed E-state index contributed by atoms with van der Waals surface area (Å²) in [7, 11) is 1.31. The summed E-state index contributed by atoms with van der Waals surface area (Å²) in [4.78, 5) is 41.5. The van der Waals surface area contributed by atoms with Crippen LogP contribution in [0.3, 0.4) is 0 Å². The molecule has 2 saturated heterocycles.